The third-order valence-electron chi connectivity index (χ3n) is 2.36. The van der Waals surface area contributed by atoms with Crippen LogP contribution in [0.5, 0.6) is 0 Å². The monoisotopic (exact) mass is 279 g/mol. The van der Waals surface area contributed by atoms with E-state index in [4.69, 9.17) is 0 Å². The zero-order valence-corrected chi connectivity index (χ0v) is 10.9. The Labute approximate surface area is 103 Å². The number of aryl methyl sites for hydroxylation is 2. The predicted octanol–water partition coefficient (Wildman–Crippen LogP) is 1.84. The first-order chi connectivity index (χ1) is 7.66. The van der Waals surface area contributed by atoms with Crippen molar-refractivity contribution >= 4 is 27.3 Å². The van der Waals surface area contributed by atoms with E-state index in [0.717, 1.165) is 16.0 Å². The Hall–Kier alpha value is -1.42. The molecule has 2 aromatic rings. The summed E-state index contributed by atoms with van der Waals surface area (Å²) in [7, 11) is 4.00. The summed E-state index contributed by atoms with van der Waals surface area (Å²) in [6.07, 6.45) is 6.03. The van der Waals surface area contributed by atoms with E-state index < -0.39 is 0 Å². The molecule has 0 spiro atoms. The molecule has 2 aromatic heterocycles. The average molecular weight is 280 g/mol. The van der Waals surface area contributed by atoms with Gasteiger partial charge in [-0.15, -0.1) is 0 Å². The highest BCUT2D eigenvalue weighted by Crippen LogP contribution is 2.21. The third kappa shape index (κ3) is 2.39. The quantitative estimate of drug-likeness (QED) is 0.657. The Kier molecular flexibility index (Phi) is 3.19. The van der Waals surface area contributed by atoms with Crippen molar-refractivity contribution in [2.75, 3.05) is 5.32 Å². The van der Waals surface area contributed by atoms with Crippen LogP contribution in [0.25, 0.3) is 0 Å². The lowest BCUT2D eigenvalue weighted by atomic mass is 10.3. The smallest absolute Gasteiger partial charge is 0.271 e. The van der Waals surface area contributed by atoms with E-state index in [-0.39, 0.29) is 0 Å². The molecule has 4 heteroatoms. The Morgan fingerprint density at radius 2 is 1.75 bits per heavy atom. The molecule has 16 heavy (non-hydrogen) atoms. The van der Waals surface area contributed by atoms with Gasteiger partial charge < -0.3 is 5.32 Å². The Bertz CT molecular complexity index is 494. The van der Waals surface area contributed by atoms with Gasteiger partial charge in [-0.1, -0.05) is 0 Å². The van der Waals surface area contributed by atoms with Crippen LogP contribution in [0, 0.1) is 0 Å². The van der Waals surface area contributed by atoms with E-state index >= 15 is 0 Å². The van der Waals surface area contributed by atoms with Crippen LogP contribution in [-0.4, -0.2) is 0 Å². The average Bonchev–Trinajstić information content (AvgIpc) is 2.28. The summed E-state index contributed by atoms with van der Waals surface area (Å²) in [5, 5.41) is 3.36. The summed E-state index contributed by atoms with van der Waals surface area (Å²) >= 11 is 3.55. The number of halogens is 1. The van der Waals surface area contributed by atoms with Crippen LogP contribution in [0.3, 0.4) is 0 Å². The van der Waals surface area contributed by atoms with Crippen LogP contribution in [0.4, 0.5) is 11.4 Å². The predicted molar refractivity (Wildman–Crippen MR) is 66.2 cm³/mol. The van der Waals surface area contributed by atoms with E-state index in [0.29, 0.717) is 0 Å². The van der Waals surface area contributed by atoms with Gasteiger partial charge in [0.2, 0.25) is 0 Å². The maximum atomic E-state index is 3.55. The van der Waals surface area contributed by atoms with Gasteiger partial charge in [-0.3, -0.25) is 0 Å². The molecule has 0 radical (unpaired) electrons. The van der Waals surface area contributed by atoms with Crippen molar-refractivity contribution in [3.8, 4) is 0 Å². The van der Waals surface area contributed by atoms with E-state index in [1.54, 1.807) is 0 Å². The molecule has 2 rings (SSSR count). The number of anilines is 2. The molecule has 0 aromatic carbocycles. The summed E-state index contributed by atoms with van der Waals surface area (Å²) in [5.74, 6) is 0. The lowest BCUT2D eigenvalue weighted by Gasteiger charge is -2.05. The maximum Gasteiger partial charge on any atom is 0.271 e. The summed E-state index contributed by atoms with van der Waals surface area (Å²) < 4.78 is 5.06. The molecule has 0 fully saturated rings. The maximum absolute atomic E-state index is 3.55. The van der Waals surface area contributed by atoms with Gasteiger partial charge in [0.25, 0.3) is 4.60 Å². The molecule has 0 unspecified atom stereocenters. The standard InChI is InChI=1S/C12H13BrN3/c1-15-8-5-10(6-9-15)14-11-4-3-7-16(2)12(11)13/h3-9H,1-2H3/q+1/p+1. The number of nitrogens with zero attached hydrogens (tertiary/aromatic N) is 2. The second-order valence-corrected chi connectivity index (χ2v) is 4.45. The molecule has 0 amide bonds. The van der Waals surface area contributed by atoms with Gasteiger partial charge in [-0.05, 0) is 6.07 Å². The van der Waals surface area contributed by atoms with Crippen LogP contribution in [-0.2, 0) is 14.1 Å². The SMILES string of the molecule is C[n+]1ccc(Nc2ccc[n+](C)c2Br)cc1. The number of rotatable bonds is 2. The number of hydrogen-bond acceptors (Lipinski definition) is 1. The molecule has 0 bridgehead atoms. The summed E-state index contributed by atoms with van der Waals surface area (Å²) in [4.78, 5) is 0. The lowest BCUT2D eigenvalue weighted by Crippen LogP contribution is -2.29. The van der Waals surface area contributed by atoms with Crippen molar-refractivity contribution in [3.63, 3.8) is 0 Å². The fourth-order valence-electron chi connectivity index (χ4n) is 1.43. The first kappa shape index (κ1) is 11.1. The molecule has 0 atom stereocenters. The topological polar surface area (TPSA) is 19.8 Å². The van der Waals surface area contributed by atoms with E-state index in [1.807, 2.05) is 66.1 Å². The van der Waals surface area contributed by atoms with Gasteiger partial charge in [0.1, 0.15) is 19.8 Å². The van der Waals surface area contributed by atoms with Crippen LogP contribution in [0.1, 0.15) is 0 Å². The minimum absolute atomic E-state index is 1.03. The second kappa shape index (κ2) is 4.61. The van der Waals surface area contributed by atoms with Crippen molar-refractivity contribution in [2.24, 2.45) is 14.1 Å². The van der Waals surface area contributed by atoms with Gasteiger partial charge >= 0.3 is 0 Å². The fraction of sp³-hybridized carbons (Fsp3) is 0.167. The van der Waals surface area contributed by atoms with Gasteiger partial charge in [0.05, 0.1) is 5.69 Å². The molecular formula is C12H14BrN3+2. The summed E-state index contributed by atoms with van der Waals surface area (Å²) in [6.45, 7) is 0. The Morgan fingerprint density at radius 1 is 1.06 bits per heavy atom. The zero-order chi connectivity index (χ0) is 11.5. The Balaban J connectivity index is 2.27. The summed E-state index contributed by atoms with van der Waals surface area (Å²) in [5.41, 5.74) is 2.13. The highest BCUT2D eigenvalue weighted by atomic mass is 79.9. The van der Waals surface area contributed by atoms with Crippen LogP contribution in [0.2, 0.25) is 0 Å². The largest absolute Gasteiger partial charge is 0.349 e. The number of nitrogens with one attached hydrogen (secondary N) is 1. The van der Waals surface area contributed by atoms with Gasteiger partial charge in [-0.2, -0.15) is 4.57 Å². The molecule has 82 valence electrons. The van der Waals surface area contributed by atoms with Gasteiger partial charge in [0.15, 0.2) is 18.6 Å². The molecule has 0 saturated heterocycles. The van der Waals surface area contributed by atoms with Gasteiger partial charge in [0, 0.05) is 34.1 Å². The van der Waals surface area contributed by atoms with E-state index in [9.17, 15) is 0 Å². The molecule has 0 aliphatic heterocycles. The van der Waals surface area contributed by atoms with Crippen molar-refractivity contribution in [3.05, 3.63) is 47.5 Å². The molecule has 2 heterocycles. The molecule has 0 aliphatic rings. The normalized spacial score (nSPS) is 10.2. The molecule has 1 N–H and O–H groups in total. The number of pyridine rings is 2. The second-order valence-electron chi connectivity index (χ2n) is 3.70. The van der Waals surface area contributed by atoms with Crippen molar-refractivity contribution in [2.45, 2.75) is 0 Å². The van der Waals surface area contributed by atoms with Crippen molar-refractivity contribution in [1.29, 1.82) is 0 Å². The van der Waals surface area contributed by atoms with E-state index in [2.05, 4.69) is 21.2 Å². The Morgan fingerprint density at radius 3 is 2.44 bits per heavy atom. The van der Waals surface area contributed by atoms with Crippen LogP contribution < -0.4 is 14.5 Å². The van der Waals surface area contributed by atoms with Crippen molar-refractivity contribution in [1.82, 2.24) is 0 Å². The highest BCUT2D eigenvalue weighted by Gasteiger charge is 2.09. The lowest BCUT2D eigenvalue weighted by molar-refractivity contribution is -0.681. The first-order valence-corrected chi connectivity index (χ1v) is 5.82. The van der Waals surface area contributed by atoms with E-state index in [1.165, 1.54) is 0 Å². The van der Waals surface area contributed by atoms with Crippen molar-refractivity contribution < 1.29 is 9.13 Å². The first-order valence-electron chi connectivity index (χ1n) is 5.03. The molecule has 0 aliphatic carbocycles. The number of aromatic nitrogens is 2. The third-order valence-corrected chi connectivity index (χ3v) is 3.35. The summed E-state index contributed by atoms with van der Waals surface area (Å²) in [6, 6.07) is 8.13. The molecular weight excluding hydrogens is 266 g/mol. The van der Waals surface area contributed by atoms with Crippen LogP contribution >= 0.6 is 15.9 Å². The number of hydrogen-bond donors (Lipinski definition) is 1. The van der Waals surface area contributed by atoms with Gasteiger partial charge in [-0.25, -0.2) is 4.57 Å². The highest BCUT2D eigenvalue weighted by molar-refractivity contribution is 9.10. The molecule has 3 nitrogen and oxygen atoms in total. The minimum Gasteiger partial charge on any atom is -0.349 e. The zero-order valence-electron chi connectivity index (χ0n) is 9.31. The van der Waals surface area contributed by atoms with Crippen LogP contribution in [0.15, 0.2) is 47.5 Å². The molecule has 0 saturated carbocycles. The minimum atomic E-state index is 1.03. The fourth-order valence-corrected chi connectivity index (χ4v) is 1.78.